The number of rotatable bonds is 8. The first-order valence-corrected chi connectivity index (χ1v) is 10.7. The van der Waals surface area contributed by atoms with Gasteiger partial charge in [-0.15, -0.1) is 0 Å². The van der Waals surface area contributed by atoms with Gasteiger partial charge in [0, 0.05) is 29.6 Å². The Bertz CT molecular complexity index is 1020. The Labute approximate surface area is 181 Å². The van der Waals surface area contributed by atoms with Crippen LogP contribution in [0.25, 0.3) is 0 Å². The quantitative estimate of drug-likeness (QED) is 0.549. The van der Waals surface area contributed by atoms with Crippen molar-refractivity contribution in [1.29, 1.82) is 0 Å². The molecule has 6 nitrogen and oxygen atoms in total. The maximum atomic E-state index is 12.5. The van der Waals surface area contributed by atoms with Gasteiger partial charge < -0.3 is 14.8 Å². The van der Waals surface area contributed by atoms with E-state index in [1.807, 2.05) is 44.2 Å². The normalized spacial score (nSPS) is 11.9. The molecule has 1 amide bonds. The van der Waals surface area contributed by atoms with E-state index in [9.17, 15) is 4.79 Å². The van der Waals surface area contributed by atoms with E-state index in [-0.39, 0.29) is 11.9 Å². The highest BCUT2D eigenvalue weighted by atomic mass is 32.1. The van der Waals surface area contributed by atoms with Crippen LogP contribution in [0.5, 0.6) is 16.7 Å². The van der Waals surface area contributed by atoms with Crippen LogP contribution in [-0.2, 0) is 6.42 Å². The van der Waals surface area contributed by atoms with Gasteiger partial charge in [-0.1, -0.05) is 32.0 Å². The smallest absolute Gasteiger partial charge is 0.298 e. The van der Waals surface area contributed by atoms with Crippen LogP contribution in [0.2, 0.25) is 0 Å². The van der Waals surface area contributed by atoms with E-state index in [0.29, 0.717) is 34.7 Å². The first-order valence-electron chi connectivity index (χ1n) is 9.90. The van der Waals surface area contributed by atoms with Crippen LogP contribution in [-0.4, -0.2) is 28.4 Å². The van der Waals surface area contributed by atoms with Crippen molar-refractivity contribution in [3.05, 3.63) is 65.0 Å². The summed E-state index contributed by atoms with van der Waals surface area (Å²) in [5.41, 5.74) is 2.55. The second kappa shape index (κ2) is 9.71. The second-order valence-electron chi connectivity index (χ2n) is 7.59. The first kappa shape index (κ1) is 21.8. The molecule has 0 aliphatic rings. The molecule has 1 atom stereocenters. The third kappa shape index (κ3) is 5.57. The van der Waals surface area contributed by atoms with Gasteiger partial charge in [0.25, 0.3) is 11.1 Å². The number of methoxy groups -OCH3 is 1. The molecule has 0 spiro atoms. The molecule has 0 aliphatic carbocycles. The van der Waals surface area contributed by atoms with Gasteiger partial charge in [0.1, 0.15) is 11.5 Å². The van der Waals surface area contributed by atoms with E-state index in [2.05, 4.69) is 28.5 Å². The lowest BCUT2D eigenvalue weighted by molar-refractivity contribution is 0.0930. The fourth-order valence-electron chi connectivity index (χ4n) is 2.72. The zero-order valence-electron chi connectivity index (χ0n) is 17.9. The summed E-state index contributed by atoms with van der Waals surface area (Å²) in [4.78, 5) is 17.0. The minimum Gasteiger partial charge on any atom is -0.497 e. The lowest BCUT2D eigenvalue weighted by Crippen LogP contribution is -2.36. The lowest BCUT2D eigenvalue weighted by atomic mass is 10.1. The zero-order valence-corrected chi connectivity index (χ0v) is 18.7. The third-order valence-corrected chi connectivity index (χ3v) is 5.59. The number of aryl methyl sites for hydroxylation is 1. The Balaban J connectivity index is 1.71. The number of carbonyl (C=O) groups is 1. The third-order valence-electron chi connectivity index (χ3n) is 4.95. The van der Waals surface area contributed by atoms with Crippen molar-refractivity contribution in [3.63, 3.8) is 0 Å². The zero-order chi connectivity index (χ0) is 21.7. The van der Waals surface area contributed by atoms with Gasteiger partial charge in [-0.3, -0.25) is 4.79 Å². The van der Waals surface area contributed by atoms with Crippen molar-refractivity contribution in [2.75, 3.05) is 7.11 Å². The van der Waals surface area contributed by atoms with Crippen LogP contribution < -0.4 is 14.8 Å². The average molecular weight is 426 g/mol. The van der Waals surface area contributed by atoms with E-state index >= 15 is 0 Å². The lowest BCUT2D eigenvalue weighted by Gasteiger charge is -2.17. The van der Waals surface area contributed by atoms with Crippen LogP contribution in [0, 0.1) is 12.8 Å². The molecule has 3 aromatic rings. The molecule has 0 radical (unpaired) electrons. The van der Waals surface area contributed by atoms with Gasteiger partial charge in [0.2, 0.25) is 0 Å². The predicted molar refractivity (Wildman–Crippen MR) is 119 cm³/mol. The highest BCUT2D eigenvalue weighted by Crippen LogP contribution is 2.28. The predicted octanol–water partition coefficient (Wildman–Crippen LogP) is 5.01. The molecule has 1 N–H and O–H groups in total. The summed E-state index contributed by atoms with van der Waals surface area (Å²) < 4.78 is 15.6. The molecule has 158 valence electrons. The van der Waals surface area contributed by atoms with Crippen molar-refractivity contribution in [1.82, 2.24) is 14.7 Å². The number of nitrogens with one attached hydrogen (secondary N) is 1. The number of benzene rings is 2. The number of carbonyl (C=O) groups excluding carboxylic acids is 1. The molecule has 30 heavy (non-hydrogen) atoms. The molecule has 0 saturated heterocycles. The molecular weight excluding hydrogens is 398 g/mol. The standard InChI is InChI=1S/C23H27N3O3S/c1-14(2)16(4)24-22(27)18-10-9-15(3)20(13-18)29-23-25-21(26-30-23)12-17-7-6-8-19(11-17)28-5/h6-11,13-14,16H,12H2,1-5H3,(H,24,27). The largest absolute Gasteiger partial charge is 0.497 e. The molecule has 3 rings (SSSR count). The van der Waals surface area contributed by atoms with Gasteiger partial charge in [0.15, 0.2) is 5.82 Å². The van der Waals surface area contributed by atoms with Crippen LogP contribution >= 0.6 is 11.5 Å². The van der Waals surface area contributed by atoms with Crippen LogP contribution in [0.15, 0.2) is 42.5 Å². The number of nitrogens with zero attached hydrogens (tertiary/aromatic N) is 2. The van der Waals surface area contributed by atoms with E-state index in [0.717, 1.165) is 16.9 Å². The first-order chi connectivity index (χ1) is 14.4. The molecule has 1 unspecified atom stereocenters. The van der Waals surface area contributed by atoms with Gasteiger partial charge in [0.05, 0.1) is 7.11 Å². The number of ether oxygens (including phenoxy) is 2. The molecule has 2 aromatic carbocycles. The van der Waals surface area contributed by atoms with Gasteiger partial charge in [-0.25, -0.2) is 0 Å². The highest BCUT2D eigenvalue weighted by Gasteiger charge is 2.15. The maximum absolute atomic E-state index is 12.5. The van der Waals surface area contributed by atoms with E-state index in [1.54, 1.807) is 19.2 Å². The SMILES string of the molecule is COc1cccc(Cc2nsc(Oc3cc(C(=O)NC(C)C(C)C)ccc3C)n2)c1. The fraction of sp³-hybridized carbons (Fsp3) is 0.348. The summed E-state index contributed by atoms with van der Waals surface area (Å²) in [7, 11) is 1.65. The summed E-state index contributed by atoms with van der Waals surface area (Å²) in [5, 5.41) is 3.47. The Morgan fingerprint density at radius 1 is 1.17 bits per heavy atom. The topological polar surface area (TPSA) is 73.3 Å². The molecule has 1 heterocycles. The fourth-order valence-corrected chi connectivity index (χ4v) is 3.28. The van der Waals surface area contributed by atoms with Crippen molar-refractivity contribution >= 4 is 17.4 Å². The summed E-state index contributed by atoms with van der Waals surface area (Å²) in [5.74, 6) is 2.33. The Kier molecular flexibility index (Phi) is 7.05. The molecule has 7 heteroatoms. The number of hydrogen-bond donors (Lipinski definition) is 1. The van der Waals surface area contributed by atoms with E-state index < -0.39 is 0 Å². The van der Waals surface area contributed by atoms with Gasteiger partial charge in [-0.05, 0) is 55.2 Å². The molecule has 0 aliphatic heterocycles. The number of hydrogen-bond acceptors (Lipinski definition) is 6. The summed E-state index contributed by atoms with van der Waals surface area (Å²) in [6, 6.07) is 13.3. The van der Waals surface area contributed by atoms with Crippen molar-refractivity contribution < 1.29 is 14.3 Å². The van der Waals surface area contributed by atoms with Crippen molar-refractivity contribution in [2.24, 2.45) is 5.92 Å². The van der Waals surface area contributed by atoms with E-state index in [1.165, 1.54) is 11.5 Å². The summed E-state index contributed by atoms with van der Waals surface area (Å²) in [6.07, 6.45) is 0.589. The number of aromatic nitrogens is 2. The van der Waals surface area contributed by atoms with Crippen LogP contribution in [0.4, 0.5) is 0 Å². The minimum atomic E-state index is -0.114. The Morgan fingerprint density at radius 3 is 2.70 bits per heavy atom. The second-order valence-corrected chi connectivity index (χ2v) is 8.31. The Morgan fingerprint density at radius 2 is 1.97 bits per heavy atom. The van der Waals surface area contributed by atoms with Crippen LogP contribution in [0.3, 0.4) is 0 Å². The van der Waals surface area contributed by atoms with Gasteiger partial charge in [-0.2, -0.15) is 9.36 Å². The average Bonchev–Trinajstić information content (AvgIpc) is 3.16. The van der Waals surface area contributed by atoms with E-state index in [4.69, 9.17) is 9.47 Å². The molecule has 0 bridgehead atoms. The van der Waals surface area contributed by atoms with Crippen molar-refractivity contribution in [3.8, 4) is 16.7 Å². The summed E-state index contributed by atoms with van der Waals surface area (Å²) in [6.45, 7) is 8.09. The monoisotopic (exact) mass is 425 g/mol. The molecule has 0 fully saturated rings. The van der Waals surface area contributed by atoms with Gasteiger partial charge >= 0.3 is 0 Å². The molecule has 1 aromatic heterocycles. The molecule has 0 saturated carbocycles. The Hall–Kier alpha value is -2.93. The summed E-state index contributed by atoms with van der Waals surface area (Å²) >= 11 is 1.20. The highest BCUT2D eigenvalue weighted by molar-refractivity contribution is 7.07. The van der Waals surface area contributed by atoms with Crippen molar-refractivity contribution in [2.45, 2.75) is 40.2 Å². The van der Waals surface area contributed by atoms with Crippen LogP contribution in [0.1, 0.15) is 48.1 Å². The number of amides is 1. The molecular formula is C23H27N3O3S. The minimum absolute atomic E-state index is 0.0884. The maximum Gasteiger partial charge on any atom is 0.298 e.